The van der Waals surface area contributed by atoms with Crippen molar-refractivity contribution in [2.75, 3.05) is 13.2 Å². The van der Waals surface area contributed by atoms with Crippen molar-refractivity contribution in [3.8, 4) is 11.3 Å². The molecule has 1 amide bonds. The van der Waals surface area contributed by atoms with E-state index in [1.165, 1.54) is 0 Å². The summed E-state index contributed by atoms with van der Waals surface area (Å²) in [6, 6.07) is 20.2. The first-order chi connectivity index (χ1) is 14.8. The zero-order chi connectivity index (χ0) is 20.6. The Morgan fingerprint density at radius 3 is 2.60 bits per heavy atom. The first-order valence-corrected chi connectivity index (χ1v) is 10.7. The zero-order valence-corrected chi connectivity index (χ0v) is 17.2. The number of nitrogens with zero attached hydrogens (tertiary/aromatic N) is 4. The molecule has 3 aromatic rings. The standard InChI is InChI=1S/C24H28N4O2/c29-24(19-30-18-20-9-3-1-4-10-20)28-15-8-7-13-22(28)14-16-27-17-23(25-26-27)21-11-5-2-6-12-21/h1-6,9-12,17,22H,7-8,13-16,18-19H2. The fourth-order valence-corrected chi connectivity index (χ4v) is 3.97. The van der Waals surface area contributed by atoms with E-state index in [-0.39, 0.29) is 18.6 Å². The van der Waals surface area contributed by atoms with Gasteiger partial charge in [0.2, 0.25) is 5.91 Å². The number of piperidine rings is 1. The number of hydrogen-bond acceptors (Lipinski definition) is 4. The molecule has 1 aromatic heterocycles. The van der Waals surface area contributed by atoms with Gasteiger partial charge in [0.25, 0.3) is 0 Å². The largest absolute Gasteiger partial charge is 0.367 e. The lowest BCUT2D eigenvalue weighted by molar-refractivity contribution is -0.140. The summed E-state index contributed by atoms with van der Waals surface area (Å²) in [5.74, 6) is 0.0826. The Kier molecular flexibility index (Phi) is 6.87. The highest BCUT2D eigenvalue weighted by Crippen LogP contribution is 2.21. The SMILES string of the molecule is O=C(COCc1ccccc1)N1CCCCC1CCn1cc(-c2ccccc2)nn1. The predicted octanol–water partition coefficient (Wildman–Crippen LogP) is 3.93. The van der Waals surface area contributed by atoms with Crippen LogP contribution >= 0.6 is 0 Å². The van der Waals surface area contributed by atoms with Gasteiger partial charge in [-0.3, -0.25) is 9.48 Å². The van der Waals surface area contributed by atoms with E-state index in [2.05, 4.69) is 10.3 Å². The van der Waals surface area contributed by atoms with Crippen molar-refractivity contribution in [3.63, 3.8) is 0 Å². The number of amides is 1. The van der Waals surface area contributed by atoms with Gasteiger partial charge in [-0.15, -0.1) is 5.10 Å². The third-order valence-electron chi connectivity index (χ3n) is 5.58. The quantitative estimate of drug-likeness (QED) is 0.571. The molecule has 0 N–H and O–H groups in total. The molecule has 2 aromatic carbocycles. The van der Waals surface area contributed by atoms with Gasteiger partial charge in [-0.1, -0.05) is 65.9 Å². The van der Waals surface area contributed by atoms with E-state index in [1.807, 2.05) is 76.4 Å². The van der Waals surface area contributed by atoms with Gasteiger partial charge in [0, 0.05) is 24.7 Å². The minimum Gasteiger partial charge on any atom is -0.367 e. The maximum absolute atomic E-state index is 12.8. The Morgan fingerprint density at radius 1 is 1.03 bits per heavy atom. The average Bonchev–Trinajstić information content (AvgIpc) is 3.28. The van der Waals surface area contributed by atoms with Crippen LogP contribution in [0.15, 0.2) is 66.9 Å². The maximum Gasteiger partial charge on any atom is 0.248 e. The smallest absolute Gasteiger partial charge is 0.248 e. The van der Waals surface area contributed by atoms with Crippen LogP contribution in [0.3, 0.4) is 0 Å². The Labute approximate surface area is 177 Å². The maximum atomic E-state index is 12.8. The van der Waals surface area contributed by atoms with Gasteiger partial charge in [0.1, 0.15) is 12.3 Å². The lowest BCUT2D eigenvalue weighted by Crippen LogP contribution is -2.45. The van der Waals surface area contributed by atoms with E-state index < -0.39 is 0 Å². The Morgan fingerprint density at radius 2 is 1.80 bits per heavy atom. The number of hydrogen-bond donors (Lipinski definition) is 0. The lowest BCUT2D eigenvalue weighted by Gasteiger charge is -2.35. The molecule has 1 unspecified atom stereocenters. The van der Waals surface area contributed by atoms with E-state index >= 15 is 0 Å². The van der Waals surface area contributed by atoms with Crippen molar-refractivity contribution in [3.05, 3.63) is 72.4 Å². The molecule has 0 aliphatic carbocycles. The number of carbonyl (C=O) groups excluding carboxylic acids is 1. The lowest BCUT2D eigenvalue weighted by atomic mass is 9.99. The molecule has 1 fully saturated rings. The van der Waals surface area contributed by atoms with Crippen LogP contribution in [-0.4, -0.2) is 45.0 Å². The molecule has 0 spiro atoms. The molecular formula is C24H28N4O2. The average molecular weight is 405 g/mol. The summed E-state index contributed by atoms with van der Waals surface area (Å²) in [6.45, 7) is 2.16. The van der Waals surface area contributed by atoms with Gasteiger partial charge in [-0.25, -0.2) is 0 Å². The second-order valence-electron chi connectivity index (χ2n) is 7.74. The minimum atomic E-state index is 0.0826. The highest BCUT2D eigenvalue weighted by atomic mass is 16.5. The molecule has 2 heterocycles. The Bertz CT molecular complexity index is 927. The van der Waals surface area contributed by atoms with Crippen molar-refractivity contribution in [2.24, 2.45) is 0 Å². The Hall–Kier alpha value is -2.99. The van der Waals surface area contributed by atoms with Gasteiger partial charge >= 0.3 is 0 Å². The van der Waals surface area contributed by atoms with Crippen LogP contribution in [-0.2, 0) is 22.7 Å². The number of benzene rings is 2. The van der Waals surface area contributed by atoms with Gasteiger partial charge in [0.05, 0.1) is 12.8 Å². The first kappa shape index (κ1) is 20.3. The molecule has 4 rings (SSSR count). The summed E-state index contributed by atoms with van der Waals surface area (Å²) in [7, 11) is 0. The van der Waals surface area contributed by atoms with Crippen LogP contribution in [0.4, 0.5) is 0 Å². The van der Waals surface area contributed by atoms with Gasteiger partial charge in [-0.2, -0.15) is 0 Å². The van der Waals surface area contributed by atoms with Crippen LogP contribution < -0.4 is 0 Å². The molecule has 1 saturated heterocycles. The molecule has 1 atom stereocenters. The summed E-state index contributed by atoms with van der Waals surface area (Å²) in [4.78, 5) is 14.8. The molecule has 0 bridgehead atoms. The van der Waals surface area contributed by atoms with Crippen molar-refractivity contribution in [2.45, 2.75) is 44.9 Å². The summed E-state index contributed by atoms with van der Waals surface area (Å²) < 4.78 is 7.56. The zero-order valence-electron chi connectivity index (χ0n) is 17.2. The molecule has 30 heavy (non-hydrogen) atoms. The highest BCUT2D eigenvalue weighted by Gasteiger charge is 2.26. The molecule has 156 valence electrons. The highest BCUT2D eigenvalue weighted by molar-refractivity contribution is 5.77. The molecule has 1 aliphatic rings. The fraction of sp³-hybridized carbons (Fsp3) is 0.375. The normalized spacial score (nSPS) is 16.5. The molecule has 6 heteroatoms. The van der Waals surface area contributed by atoms with Crippen LogP contribution in [0.25, 0.3) is 11.3 Å². The Balaban J connectivity index is 1.29. The van der Waals surface area contributed by atoms with E-state index in [9.17, 15) is 4.79 Å². The molecule has 6 nitrogen and oxygen atoms in total. The monoisotopic (exact) mass is 404 g/mol. The van der Waals surface area contributed by atoms with Crippen LogP contribution in [0.5, 0.6) is 0 Å². The molecule has 0 saturated carbocycles. The van der Waals surface area contributed by atoms with Gasteiger partial charge in [-0.05, 0) is 31.2 Å². The van der Waals surface area contributed by atoms with Crippen LogP contribution in [0.2, 0.25) is 0 Å². The second-order valence-corrected chi connectivity index (χ2v) is 7.74. The number of rotatable bonds is 8. The number of ether oxygens (including phenoxy) is 1. The number of carbonyl (C=O) groups is 1. The number of aromatic nitrogens is 3. The van der Waals surface area contributed by atoms with Crippen LogP contribution in [0, 0.1) is 0 Å². The van der Waals surface area contributed by atoms with Crippen molar-refractivity contribution >= 4 is 5.91 Å². The van der Waals surface area contributed by atoms with Crippen LogP contribution in [0.1, 0.15) is 31.2 Å². The van der Waals surface area contributed by atoms with Gasteiger partial charge in [0.15, 0.2) is 0 Å². The second kappa shape index (κ2) is 10.2. The van der Waals surface area contributed by atoms with Gasteiger partial charge < -0.3 is 9.64 Å². The summed E-state index contributed by atoms with van der Waals surface area (Å²) in [5, 5.41) is 8.55. The van der Waals surface area contributed by atoms with Crippen molar-refractivity contribution in [1.29, 1.82) is 0 Å². The van der Waals surface area contributed by atoms with Crippen molar-refractivity contribution in [1.82, 2.24) is 19.9 Å². The fourth-order valence-electron chi connectivity index (χ4n) is 3.97. The summed E-state index contributed by atoms with van der Waals surface area (Å²) in [6.07, 6.45) is 6.11. The topological polar surface area (TPSA) is 60.2 Å². The molecular weight excluding hydrogens is 376 g/mol. The van der Waals surface area contributed by atoms with E-state index in [1.54, 1.807) is 0 Å². The van der Waals surface area contributed by atoms with E-state index in [4.69, 9.17) is 4.74 Å². The third kappa shape index (κ3) is 5.33. The predicted molar refractivity (Wildman–Crippen MR) is 116 cm³/mol. The molecule has 1 aliphatic heterocycles. The summed E-state index contributed by atoms with van der Waals surface area (Å²) >= 11 is 0. The first-order valence-electron chi connectivity index (χ1n) is 10.7. The summed E-state index contributed by atoms with van der Waals surface area (Å²) in [5.41, 5.74) is 3.02. The van der Waals surface area contributed by atoms with E-state index in [0.717, 1.165) is 55.6 Å². The number of aryl methyl sites for hydroxylation is 1. The third-order valence-corrected chi connectivity index (χ3v) is 5.58. The number of likely N-dealkylation sites (tertiary alicyclic amines) is 1. The minimum absolute atomic E-state index is 0.0826. The van der Waals surface area contributed by atoms with E-state index in [0.29, 0.717) is 6.61 Å². The molecule has 0 radical (unpaired) electrons. The van der Waals surface area contributed by atoms with Crippen molar-refractivity contribution < 1.29 is 9.53 Å².